The number of morpholine rings is 1. The topological polar surface area (TPSA) is 198 Å². The van der Waals surface area contributed by atoms with Crippen LogP contribution in [0.25, 0.3) is 21.6 Å². The van der Waals surface area contributed by atoms with Crippen LogP contribution in [-0.2, 0) is 29.1 Å². The minimum absolute atomic E-state index is 0.0307. The monoisotopic (exact) mass is 967 g/mol. The maximum atomic E-state index is 15.3. The third-order valence-electron chi connectivity index (χ3n) is 14.2. The van der Waals surface area contributed by atoms with Gasteiger partial charge in [-0.05, 0) is 88.6 Å². The zero-order chi connectivity index (χ0) is 48.0. The predicted molar refractivity (Wildman–Crippen MR) is 259 cm³/mol. The summed E-state index contributed by atoms with van der Waals surface area (Å²) in [7, 11) is -2.41. The van der Waals surface area contributed by atoms with Crippen LogP contribution in [0.15, 0.2) is 60.0 Å². The SMILES string of the molecule is COc1ccc2c(O[C@@H]3C[C@H]4C(=O)N[C@]5(C(=O)NS(=O)(=O)C6(C)CC6)C[C@H]5C=CCCCCC[C@H](Nc5cccc(C(=O)N6CCOCC6)c5)C(=O)N4C3)cc(-c3nc(C(C)C)cs3)nc2c1C. The number of nitrogens with zero attached hydrogens (tertiary/aromatic N) is 4. The van der Waals surface area contributed by atoms with E-state index in [1.54, 1.807) is 37.1 Å². The van der Waals surface area contributed by atoms with Crippen molar-refractivity contribution in [1.82, 2.24) is 29.8 Å². The molecule has 5 atom stereocenters. The zero-order valence-corrected chi connectivity index (χ0v) is 41.0. The third-order valence-corrected chi connectivity index (χ3v) is 17.3. The average molecular weight is 968 g/mol. The van der Waals surface area contributed by atoms with Gasteiger partial charge in [0.05, 0.1) is 42.8 Å². The summed E-state index contributed by atoms with van der Waals surface area (Å²) in [5.74, 6) is -0.903. The van der Waals surface area contributed by atoms with Crippen molar-refractivity contribution >= 4 is 61.6 Å². The van der Waals surface area contributed by atoms with Crippen LogP contribution in [0.3, 0.4) is 0 Å². The van der Waals surface area contributed by atoms with Gasteiger partial charge in [-0.1, -0.05) is 44.9 Å². The summed E-state index contributed by atoms with van der Waals surface area (Å²) in [5.41, 5.74) is 2.56. The first-order valence-electron chi connectivity index (χ1n) is 23.8. The van der Waals surface area contributed by atoms with Crippen molar-refractivity contribution in [1.29, 1.82) is 0 Å². The zero-order valence-electron chi connectivity index (χ0n) is 39.3. The lowest BCUT2D eigenvalue weighted by Gasteiger charge is -2.30. The van der Waals surface area contributed by atoms with Gasteiger partial charge in [-0.15, -0.1) is 11.3 Å². The number of benzene rings is 2. The minimum atomic E-state index is -4.02. The van der Waals surface area contributed by atoms with Crippen molar-refractivity contribution in [2.24, 2.45) is 5.92 Å². The van der Waals surface area contributed by atoms with Crippen LogP contribution >= 0.6 is 11.3 Å². The molecule has 0 spiro atoms. The number of hydrogen-bond donors (Lipinski definition) is 3. The lowest BCUT2D eigenvalue weighted by atomic mass is 10.0. The van der Waals surface area contributed by atoms with E-state index in [-0.39, 0.29) is 37.1 Å². The number of rotatable bonds is 11. The average Bonchev–Trinajstić information content (AvgIpc) is 4.10. The second-order valence-corrected chi connectivity index (χ2v) is 22.5. The van der Waals surface area contributed by atoms with E-state index in [1.165, 1.54) is 16.2 Å². The fraction of sp³-hybridized carbons (Fsp3) is 0.520. The molecule has 0 bridgehead atoms. The number of carbonyl (C=O) groups is 4. The van der Waals surface area contributed by atoms with E-state index in [0.717, 1.165) is 29.1 Å². The van der Waals surface area contributed by atoms with Crippen LogP contribution in [-0.4, -0.2) is 120 Å². The summed E-state index contributed by atoms with van der Waals surface area (Å²) in [5, 5.41) is 9.90. The summed E-state index contributed by atoms with van der Waals surface area (Å²) in [6.07, 6.45) is 7.84. The molecule has 2 saturated carbocycles. The number of fused-ring (bicyclic) bond motifs is 3. The lowest BCUT2D eigenvalue weighted by Crippen LogP contribution is -2.58. The Hall–Kier alpha value is -5.59. The van der Waals surface area contributed by atoms with E-state index in [9.17, 15) is 22.8 Å². The van der Waals surface area contributed by atoms with Gasteiger partial charge in [0.25, 0.3) is 11.8 Å². The van der Waals surface area contributed by atoms with Crippen LogP contribution in [0.4, 0.5) is 5.69 Å². The predicted octanol–water partition coefficient (Wildman–Crippen LogP) is 6.49. The Morgan fingerprint density at radius 3 is 2.56 bits per heavy atom. The molecule has 18 heteroatoms. The Morgan fingerprint density at radius 2 is 1.82 bits per heavy atom. The first kappa shape index (κ1) is 47.5. The van der Waals surface area contributed by atoms with Crippen LogP contribution in [0.2, 0.25) is 0 Å². The largest absolute Gasteiger partial charge is 0.496 e. The molecule has 68 heavy (non-hydrogen) atoms. The van der Waals surface area contributed by atoms with Gasteiger partial charge in [0, 0.05) is 59.1 Å². The highest BCUT2D eigenvalue weighted by Gasteiger charge is 2.63. The van der Waals surface area contributed by atoms with Gasteiger partial charge in [0.2, 0.25) is 21.8 Å². The molecular weight excluding hydrogens is 907 g/mol. The summed E-state index contributed by atoms with van der Waals surface area (Å²) < 4.78 is 46.1. The second kappa shape index (κ2) is 19.1. The summed E-state index contributed by atoms with van der Waals surface area (Å²) in [4.78, 5) is 71.1. The van der Waals surface area contributed by atoms with Crippen molar-refractivity contribution in [3.05, 3.63) is 76.8 Å². The first-order valence-corrected chi connectivity index (χ1v) is 26.2. The smallest absolute Gasteiger partial charge is 0.259 e. The molecule has 5 aliphatic rings. The molecule has 2 aromatic carbocycles. The van der Waals surface area contributed by atoms with Crippen molar-refractivity contribution in [3.63, 3.8) is 0 Å². The molecular formula is C50H61N7O9S2. The summed E-state index contributed by atoms with van der Waals surface area (Å²) in [6.45, 7) is 9.65. The van der Waals surface area contributed by atoms with Gasteiger partial charge in [-0.2, -0.15) is 0 Å². The number of carbonyl (C=O) groups excluding carboxylic acids is 4. The number of nitrogens with one attached hydrogen (secondary N) is 3. The van der Waals surface area contributed by atoms with Crippen LogP contribution in [0, 0.1) is 12.8 Å². The molecule has 5 heterocycles. The van der Waals surface area contributed by atoms with E-state index >= 15 is 4.79 Å². The molecule has 4 aromatic rings. The number of aromatic nitrogens is 2. The third kappa shape index (κ3) is 9.55. The number of ether oxygens (including phenoxy) is 3. The van der Waals surface area contributed by atoms with Gasteiger partial charge in [0.15, 0.2) is 0 Å². The molecule has 16 nitrogen and oxygen atoms in total. The minimum Gasteiger partial charge on any atom is -0.496 e. The van der Waals surface area contributed by atoms with Crippen molar-refractivity contribution < 1.29 is 41.8 Å². The van der Waals surface area contributed by atoms with E-state index < -0.39 is 56.2 Å². The van der Waals surface area contributed by atoms with E-state index in [1.807, 2.05) is 48.7 Å². The Morgan fingerprint density at radius 1 is 1.03 bits per heavy atom. The number of sulfonamides is 1. The van der Waals surface area contributed by atoms with Gasteiger partial charge >= 0.3 is 0 Å². The fourth-order valence-corrected chi connectivity index (χ4v) is 11.7. The molecule has 2 saturated heterocycles. The highest BCUT2D eigenvalue weighted by Crippen LogP contribution is 2.48. The van der Waals surface area contributed by atoms with Crippen LogP contribution in [0.5, 0.6) is 11.5 Å². The maximum absolute atomic E-state index is 15.3. The van der Waals surface area contributed by atoms with E-state index in [0.29, 0.717) is 97.8 Å². The molecule has 2 aromatic heterocycles. The highest BCUT2D eigenvalue weighted by atomic mass is 32.2. The van der Waals surface area contributed by atoms with Gasteiger partial charge in [-0.3, -0.25) is 23.9 Å². The number of allylic oxidation sites excluding steroid dienone is 1. The van der Waals surface area contributed by atoms with Gasteiger partial charge in [0.1, 0.15) is 45.9 Å². The Labute approximate surface area is 401 Å². The normalized spacial score (nSPS) is 25.1. The molecule has 2 aliphatic carbocycles. The number of amides is 4. The van der Waals surface area contributed by atoms with Crippen LogP contribution < -0.4 is 24.8 Å². The van der Waals surface area contributed by atoms with E-state index in [4.69, 9.17) is 24.2 Å². The fourth-order valence-electron chi connectivity index (χ4n) is 9.49. The standard InChI is InChI=1S/C50H61N7O9S2/c1-30(2)39-29-67-45(53-39)38-26-42(36-16-17-41(64-5)31(3)43(36)52-38)66-35-25-40-44(58)54-50(48(61)55-68(62,63)49(4)18-19-49)27-33(50)13-9-7-6-8-10-15-37(47(60)57(40)28-35)51-34-14-11-12-32(24-34)46(59)56-20-22-65-23-21-56/h9,11-14,16-17,24,26,29-30,33,35,37,40,51H,6-8,10,15,18-23,25,27-28H2,1-5H3,(H,54,58)(H,55,61)/t33-,35-,37+,40+,50-/m1/s1. The van der Waals surface area contributed by atoms with E-state index in [2.05, 4.69) is 29.2 Å². The van der Waals surface area contributed by atoms with Crippen molar-refractivity contribution in [2.75, 3.05) is 45.3 Å². The quantitative estimate of drug-likeness (QED) is 0.138. The van der Waals surface area contributed by atoms with Gasteiger partial charge in [-0.25, -0.2) is 18.4 Å². The van der Waals surface area contributed by atoms with Crippen molar-refractivity contribution in [3.8, 4) is 22.2 Å². The molecule has 0 radical (unpaired) electrons. The summed E-state index contributed by atoms with van der Waals surface area (Å²) >= 11 is 1.49. The number of hydrogen-bond acceptors (Lipinski definition) is 13. The molecule has 9 rings (SSSR count). The number of thiazole rings is 1. The molecule has 362 valence electrons. The maximum Gasteiger partial charge on any atom is 0.259 e. The first-order chi connectivity index (χ1) is 32.6. The van der Waals surface area contributed by atoms with Gasteiger partial charge < -0.3 is 34.6 Å². The highest BCUT2D eigenvalue weighted by molar-refractivity contribution is 7.91. The lowest BCUT2D eigenvalue weighted by molar-refractivity contribution is -0.140. The number of aryl methyl sites for hydroxylation is 1. The Kier molecular flexibility index (Phi) is 13.3. The number of anilines is 1. The molecule has 4 fully saturated rings. The summed E-state index contributed by atoms with van der Waals surface area (Å²) in [6, 6.07) is 10.8. The van der Waals surface area contributed by atoms with Crippen LogP contribution in [0.1, 0.15) is 106 Å². The Balaban J connectivity index is 1.06. The Bertz CT molecular complexity index is 2750. The number of methoxy groups -OCH3 is 1. The van der Waals surface area contributed by atoms with Crippen molar-refractivity contribution in [2.45, 2.75) is 120 Å². The second-order valence-electron chi connectivity index (χ2n) is 19.4. The molecule has 4 amide bonds. The number of pyridine rings is 1. The molecule has 0 unspecified atom stereocenters. The molecule has 3 N–H and O–H groups in total. The molecule has 3 aliphatic heterocycles.